The second kappa shape index (κ2) is 10.2. The summed E-state index contributed by atoms with van der Waals surface area (Å²) in [5, 5.41) is 20.8. The number of rotatable bonds is 9. The standard InChI is InChI=1S/C25H35NO4/c1-26(15-10-19-6-4-7-22(27)16-19)14-5-11-25(28)12-8-20-17-23(29-2)24(30-3)18-21(20)9-13-25/h4,6-7,16-18,27-28H,5,8-15H2,1-3H3. The van der Waals surface area contributed by atoms with Gasteiger partial charge in [0.15, 0.2) is 11.5 Å². The molecule has 0 amide bonds. The summed E-state index contributed by atoms with van der Waals surface area (Å²) in [5.74, 6) is 1.84. The van der Waals surface area contributed by atoms with E-state index in [2.05, 4.69) is 24.1 Å². The van der Waals surface area contributed by atoms with Crippen LogP contribution >= 0.6 is 0 Å². The number of phenolic OH excluding ortho intramolecular Hbond substituents is 1. The number of ether oxygens (including phenoxy) is 2. The quantitative estimate of drug-likeness (QED) is 0.609. The van der Waals surface area contributed by atoms with E-state index in [0.717, 1.165) is 75.1 Å². The van der Waals surface area contributed by atoms with E-state index >= 15 is 0 Å². The van der Waals surface area contributed by atoms with Gasteiger partial charge in [0.05, 0.1) is 19.8 Å². The molecule has 0 aliphatic heterocycles. The number of aliphatic hydroxyl groups is 1. The molecule has 2 aromatic carbocycles. The molecule has 0 saturated heterocycles. The maximum atomic E-state index is 11.2. The van der Waals surface area contributed by atoms with Crippen molar-refractivity contribution in [2.75, 3.05) is 34.4 Å². The van der Waals surface area contributed by atoms with Crippen molar-refractivity contribution < 1.29 is 19.7 Å². The van der Waals surface area contributed by atoms with Crippen molar-refractivity contribution in [3.63, 3.8) is 0 Å². The molecule has 0 fully saturated rings. The van der Waals surface area contributed by atoms with Gasteiger partial charge < -0.3 is 24.6 Å². The zero-order valence-electron chi connectivity index (χ0n) is 18.5. The molecule has 30 heavy (non-hydrogen) atoms. The topological polar surface area (TPSA) is 62.2 Å². The maximum Gasteiger partial charge on any atom is 0.161 e. The highest BCUT2D eigenvalue weighted by Crippen LogP contribution is 2.37. The highest BCUT2D eigenvalue weighted by Gasteiger charge is 2.30. The van der Waals surface area contributed by atoms with Gasteiger partial charge in [0, 0.05) is 6.54 Å². The first-order valence-corrected chi connectivity index (χ1v) is 10.8. The molecule has 1 aliphatic carbocycles. The Morgan fingerprint density at radius 2 is 1.60 bits per heavy atom. The summed E-state index contributed by atoms with van der Waals surface area (Å²) in [6.07, 6.45) is 5.97. The predicted octanol–water partition coefficient (Wildman–Crippen LogP) is 3.97. The van der Waals surface area contributed by atoms with E-state index in [1.807, 2.05) is 18.2 Å². The number of methoxy groups -OCH3 is 2. The number of likely N-dealkylation sites (N-methyl/N-ethyl adjacent to an activating group) is 1. The Hall–Kier alpha value is -2.24. The molecule has 5 nitrogen and oxygen atoms in total. The van der Waals surface area contributed by atoms with Crippen molar-refractivity contribution in [2.45, 2.75) is 50.5 Å². The summed E-state index contributed by atoms with van der Waals surface area (Å²) >= 11 is 0. The van der Waals surface area contributed by atoms with Gasteiger partial charge in [-0.1, -0.05) is 12.1 Å². The predicted molar refractivity (Wildman–Crippen MR) is 120 cm³/mol. The lowest BCUT2D eigenvalue weighted by atomic mass is 9.89. The first kappa shape index (κ1) is 22.4. The molecule has 0 saturated carbocycles. The van der Waals surface area contributed by atoms with Crippen molar-refractivity contribution in [1.29, 1.82) is 0 Å². The molecule has 1 aliphatic rings. The summed E-state index contributed by atoms with van der Waals surface area (Å²) in [6.45, 7) is 1.89. The molecule has 5 heteroatoms. The lowest BCUT2D eigenvalue weighted by Gasteiger charge is -2.27. The fourth-order valence-corrected chi connectivity index (χ4v) is 4.36. The van der Waals surface area contributed by atoms with Crippen LogP contribution in [0.4, 0.5) is 0 Å². The number of phenols is 1. The van der Waals surface area contributed by atoms with Crippen LogP contribution in [-0.2, 0) is 19.3 Å². The minimum atomic E-state index is -0.619. The van der Waals surface area contributed by atoms with Crippen LogP contribution in [0.3, 0.4) is 0 Å². The summed E-state index contributed by atoms with van der Waals surface area (Å²) in [4.78, 5) is 2.30. The Morgan fingerprint density at radius 3 is 2.17 bits per heavy atom. The molecule has 0 radical (unpaired) electrons. The molecular formula is C25H35NO4. The highest BCUT2D eigenvalue weighted by atomic mass is 16.5. The molecule has 0 spiro atoms. The fraction of sp³-hybridized carbons (Fsp3) is 0.520. The van der Waals surface area contributed by atoms with Gasteiger partial charge in [-0.05, 0) is 99.5 Å². The molecule has 2 N–H and O–H groups in total. The van der Waals surface area contributed by atoms with Crippen molar-refractivity contribution in [3.05, 3.63) is 53.1 Å². The minimum absolute atomic E-state index is 0.321. The Kier molecular flexibility index (Phi) is 7.62. The summed E-state index contributed by atoms with van der Waals surface area (Å²) in [7, 11) is 5.44. The Morgan fingerprint density at radius 1 is 0.967 bits per heavy atom. The molecule has 3 rings (SSSR count). The number of hydrogen-bond acceptors (Lipinski definition) is 5. The first-order chi connectivity index (χ1) is 14.4. The Bertz CT molecular complexity index is 801. The number of fused-ring (bicyclic) bond motifs is 1. The normalized spacial score (nSPS) is 15.5. The molecule has 0 bridgehead atoms. The highest BCUT2D eigenvalue weighted by molar-refractivity contribution is 5.48. The van der Waals surface area contributed by atoms with Crippen LogP contribution in [0.1, 0.15) is 42.4 Å². The van der Waals surface area contributed by atoms with Crippen molar-refractivity contribution >= 4 is 0 Å². The number of nitrogens with zero attached hydrogens (tertiary/aromatic N) is 1. The SMILES string of the molecule is COc1cc2c(cc1OC)CCC(O)(CCCN(C)CCc1cccc(O)c1)CC2. The van der Waals surface area contributed by atoms with Gasteiger partial charge in [0.2, 0.25) is 0 Å². The molecule has 0 aromatic heterocycles. The third-order valence-corrected chi connectivity index (χ3v) is 6.30. The third-order valence-electron chi connectivity index (χ3n) is 6.30. The zero-order valence-corrected chi connectivity index (χ0v) is 18.5. The van der Waals surface area contributed by atoms with Gasteiger partial charge >= 0.3 is 0 Å². The lowest BCUT2D eigenvalue weighted by molar-refractivity contribution is 0.0135. The van der Waals surface area contributed by atoms with Crippen molar-refractivity contribution in [3.8, 4) is 17.2 Å². The fourth-order valence-electron chi connectivity index (χ4n) is 4.36. The number of aryl methyl sites for hydroxylation is 2. The van der Waals surface area contributed by atoms with Crippen LogP contribution in [0, 0.1) is 0 Å². The average molecular weight is 414 g/mol. The number of hydrogen-bond donors (Lipinski definition) is 2. The molecule has 0 unspecified atom stereocenters. The van der Waals surface area contributed by atoms with E-state index in [-0.39, 0.29) is 0 Å². The summed E-state index contributed by atoms with van der Waals surface area (Å²) in [5.41, 5.74) is 3.04. The average Bonchev–Trinajstić information content (AvgIpc) is 2.90. The van der Waals surface area contributed by atoms with Gasteiger partial charge in [0.25, 0.3) is 0 Å². The van der Waals surface area contributed by atoms with E-state index in [1.165, 1.54) is 11.1 Å². The van der Waals surface area contributed by atoms with E-state index in [0.29, 0.717) is 5.75 Å². The number of aromatic hydroxyl groups is 1. The largest absolute Gasteiger partial charge is 0.508 e. The van der Waals surface area contributed by atoms with Gasteiger partial charge in [-0.15, -0.1) is 0 Å². The molecule has 0 heterocycles. The molecular weight excluding hydrogens is 378 g/mol. The van der Waals surface area contributed by atoms with Crippen molar-refractivity contribution in [1.82, 2.24) is 4.90 Å². The molecule has 2 aromatic rings. The summed E-state index contributed by atoms with van der Waals surface area (Å²) in [6, 6.07) is 11.6. The molecule has 164 valence electrons. The lowest BCUT2D eigenvalue weighted by Crippen LogP contribution is -2.31. The van der Waals surface area contributed by atoms with E-state index < -0.39 is 5.60 Å². The third kappa shape index (κ3) is 5.89. The van der Waals surface area contributed by atoms with Crippen LogP contribution in [0.15, 0.2) is 36.4 Å². The van der Waals surface area contributed by atoms with Gasteiger partial charge in [0.1, 0.15) is 5.75 Å². The second-order valence-corrected chi connectivity index (χ2v) is 8.53. The maximum absolute atomic E-state index is 11.2. The zero-order chi connectivity index (χ0) is 21.6. The first-order valence-electron chi connectivity index (χ1n) is 10.8. The van der Waals surface area contributed by atoms with E-state index in [4.69, 9.17) is 9.47 Å². The second-order valence-electron chi connectivity index (χ2n) is 8.53. The smallest absolute Gasteiger partial charge is 0.161 e. The van der Waals surface area contributed by atoms with Crippen LogP contribution < -0.4 is 9.47 Å². The van der Waals surface area contributed by atoms with Gasteiger partial charge in [-0.2, -0.15) is 0 Å². The Balaban J connectivity index is 1.48. The van der Waals surface area contributed by atoms with E-state index in [9.17, 15) is 10.2 Å². The Labute approximate surface area is 180 Å². The minimum Gasteiger partial charge on any atom is -0.508 e. The van der Waals surface area contributed by atoms with Gasteiger partial charge in [-0.3, -0.25) is 0 Å². The van der Waals surface area contributed by atoms with Crippen LogP contribution in [0.2, 0.25) is 0 Å². The van der Waals surface area contributed by atoms with E-state index in [1.54, 1.807) is 20.3 Å². The van der Waals surface area contributed by atoms with Crippen LogP contribution in [0.5, 0.6) is 17.2 Å². The van der Waals surface area contributed by atoms with Crippen LogP contribution in [-0.4, -0.2) is 55.1 Å². The van der Waals surface area contributed by atoms with Crippen LogP contribution in [0.25, 0.3) is 0 Å². The number of benzene rings is 2. The summed E-state index contributed by atoms with van der Waals surface area (Å²) < 4.78 is 10.9. The molecule has 0 atom stereocenters. The van der Waals surface area contributed by atoms with Crippen molar-refractivity contribution in [2.24, 2.45) is 0 Å². The van der Waals surface area contributed by atoms with Gasteiger partial charge in [-0.25, -0.2) is 0 Å². The monoisotopic (exact) mass is 413 g/mol.